The Morgan fingerprint density at radius 1 is 0.603 bits per heavy atom. The molecule has 0 atom stereocenters. The van der Waals surface area contributed by atoms with Gasteiger partial charge in [0.2, 0.25) is 0 Å². The number of anilines is 1. The molecule has 0 aliphatic rings. The van der Waals surface area contributed by atoms with Gasteiger partial charge in [-0.05, 0) is 108 Å². The van der Waals surface area contributed by atoms with Gasteiger partial charge in [0.15, 0.2) is 5.75 Å². The first-order valence-electron chi connectivity index (χ1n) is 20.9. The molecule has 0 unspecified atom stereocenters. The number of methoxy groups -OCH3 is 2. The Balaban J connectivity index is 0.000000235. The van der Waals surface area contributed by atoms with Crippen molar-refractivity contribution in [2.75, 3.05) is 19.5 Å². The molecule has 0 aliphatic heterocycles. The van der Waals surface area contributed by atoms with Gasteiger partial charge in [0, 0.05) is 10.8 Å². The number of phenols is 1. The van der Waals surface area contributed by atoms with Crippen LogP contribution in [0.5, 0.6) is 23.0 Å². The largest absolute Gasteiger partial charge is 2.00 e. The maximum atomic E-state index is 13.3. The molecule has 23 heteroatoms. The molecule has 4 N–H and O–H groups in total. The molecule has 0 saturated heterocycles. The van der Waals surface area contributed by atoms with Crippen molar-refractivity contribution in [3.63, 3.8) is 0 Å². The minimum absolute atomic E-state index is 0. The Labute approximate surface area is 457 Å². The van der Waals surface area contributed by atoms with Crippen LogP contribution in [0.25, 0.3) is 21.5 Å². The first kappa shape index (κ1) is 55.6. The number of carbonyl (C=O) groups is 1. The molecule has 18 nitrogen and oxygen atoms in total. The molecule has 0 fully saturated rings. The van der Waals surface area contributed by atoms with Crippen molar-refractivity contribution in [2.45, 2.75) is 23.6 Å². The zero-order valence-corrected chi connectivity index (χ0v) is 44.1. The number of aryl methyl sites for hydroxylation is 2. The van der Waals surface area contributed by atoms with Crippen LogP contribution in [0.4, 0.5) is 34.1 Å². The Bertz CT molecular complexity index is 3790. The number of rotatable bonds is 12. The molecule has 8 aromatic rings. The Morgan fingerprint density at radius 3 is 1.59 bits per heavy atom. The summed E-state index contributed by atoms with van der Waals surface area (Å²) >= 11 is 12.5. The third kappa shape index (κ3) is 12.7. The molecule has 0 aromatic heterocycles. The van der Waals surface area contributed by atoms with Crippen molar-refractivity contribution >= 4 is 149 Å². The van der Waals surface area contributed by atoms with E-state index in [1.54, 1.807) is 104 Å². The van der Waals surface area contributed by atoms with Gasteiger partial charge in [-0.15, -0.1) is 15.3 Å². The van der Waals surface area contributed by atoms with Gasteiger partial charge in [-0.3, -0.25) is 18.9 Å². The summed E-state index contributed by atoms with van der Waals surface area (Å²) in [5, 5.41) is 58.5. The minimum Gasteiger partial charge on any atom is -0.871 e. The van der Waals surface area contributed by atoms with Crippen molar-refractivity contribution in [3.05, 3.63) is 166 Å². The first-order valence-corrected chi connectivity index (χ1v) is 24.5. The minimum atomic E-state index is -4.53. The molecule has 0 saturated carbocycles. The number of ether oxygens (including phenoxy) is 2. The van der Waals surface area contributed by atoms with Crippen LogP contribution in [0.2, 0.25) is 10.0 Å². The number of phenolic OH excluding ortho intramolecular Hbond substituents is 1. The summed E-state index contributed by atoms with van der Waals surface area (Å²) in [6.07, 6.45) is 0. The van der Waals surface area contributed by atoms with Crippen LogP contribution in [-0.2, 0) is 20.2 Å². The Morgan fingerprint density at radius 2 is 1.05 bits per heavy atom. The number of benzene rings is 8. The predicted molar refractivity (Wildman–Crippen MR) is 275 cm³/mol. The Hall–Kier alpha value is -6.72. The van der Waals surface area contributed by atoms with Gasteiger partial charge in [-0.1, -0.05) is 102 Å². The molecule has 0 bridgehead atoms. The summed E-state index contributed by atoms with van der Waals surface area (Å²) in [6.45, 7) is 3.08. The number of amides is 1. The van der Waals surface area contributed by atoms with E-state index in [1.165, 1.54) is 45.4 Å². The van der Waals surface area contributed by atoms with Crippen LogP contribution in [0, 0.1) is 13.8 Å². The van der Waals surface area contributed by atoms with Crippen LogP contribution in [0.3, 0.4) is 0 Å². The van der Waals surface area contributed by atoms with Gasteiger partial charge >= 0.3 is 37.7 Å². The van der Waals surface area contributed by atoms with Crippen molar-refractivity contribution < 1.29 is 55.5 Å². The normalized spacial score (nSPS) is 11.9. The quantitative estimate of drug-likeness (QED) is 0.0292. The predicted octanol–water partition coefficient (Wildman–Crippen LogP) is 11.0. The summed E-state index contributed by atoms with van der Waals surface area (Å²) < 4.78 is 75.7. The average molecular weight is 1090 g/mol. The summed E-state index contributed by atoms with van der Waals surface area (Å²) in [7, 11) is -6.14. The van der Waals surface area contributed by atoms with E-state index in [4.69, 9.17) is 32.7 Å². The van der Waals surface area contributed by atoms with Gasteiger partial charge in [-0.2, -0.15) is 21.9 Å². The molecule has 73 heavy (non-hydrogen) atoms. The van der Waals surface area contributed by atoms with Gasteiger partial charge < -0.3 is 30.1 Å². The van der Waals surface area contributed by atoms with Crippen LogP contribution in [0.1, 0.15) is 27.0 Å². The second-order valence-corrected chi connectivity index (χ2v) is 19.0. The number of hydrogen-bond donors (Lipinski definition) is 4. The zero-order valence-electron chi connectivity index (χ0n) is 38.7. The standard InChI is InChI=1S/2C25H20ClN3O6S.Ca/c2*1-14-11-16(36(32,33)34)13-20(22(14)26)28-29-23-17-8-4-3-7-15(17)12-18(24(23)30)25(31)27-19-9-5-6-10-21(19)35-2;/h2*3-13,30H,1-2H3,(H,27,31)(H,32,33,34);/q;;+2/p-2. The summed E-state index contributed by atoms with van der Waals surface area (Å²) in [5.74, 6) is -1.77. The van der Waals surface area contributed by atoms with Crippen molar-refractivity contribution in [3.8, 4) is 23.0 Å². The molecule has 8 aromatic carbocycles. The van der Waals surface area contributed by atoms with E-state index in [1.807, 2.05) is 0 Å². The average Bonchev–Trinajstić information content (AvgIpc) is 3.35. The van der Waals surface area contributed by atoms with E-state index in [-0.39, 0.29) is 87.3 Å². The number of nitrogens with one attached hydrogen (secondary N) is 1. The molecule has 0 heterocycles. The summed E-state index contributed by atoms with van der Waals surface area (Å²) in [5.41, 5.74) is 0.731. The Kier molecular flexibility index (Phi) is 17.8. The van der Waals surface area contributed by atoms with Crippen LogP contribution < -0.4 is 25.0 Å². The summed E-state index contributed by atoms with van der Waals surface area (Å²) in [6, 6.07) is 34.5. The van der Waals surface area contributed by atoms with Gasteiger partial charge in [-0.25, -0.2) is 0 Å². The van der Waals surface area contributed by atoms with Crippen molar-refractivity contribution in [1.29, 1.82) is 0 Å². The molecule has 368 valence electrons. The van der Waals surface area contributed by atoms with E-state index < -0.39 is 53.3 Å². The smallest absolute Gasteiger partial charge is 0.871 e. The van der Waals surface area contributed by atoms with E-state index in [2.05, 4.69) is 30.8 Å². The third-order valence-corrected chi connectivity index (χ3v) is 13.3. The van der Waals surface area contributed by atoms with Crippen molar-refractivity contribution in [2.24, 2.45) is 25.4 Å². The van der Waals surface area contributed by atoms with E-state index in [9.17, 15) is 46.1 Å². The molecule has 0 spiro atoms. The van der Waals surface area contributed by atoms with Gasteiger partial charge in [0.1, 0.15) is 34.2 Å². The molecular formula is C50H38CaCl2N6O12S2. The van der Waals surface area contributed by atoms with E-state index >= 15 is 0 Å². The van der Waals surface area contributed by atoms with Crippen LogP contribution in [0.15, 0.2) is 169 Å². The fraction of sp³-hybridized carbons (Fsp3) is 0.0800. The number of aliphatic imine (C=N–C) groups is 1. The summed E-state index contributed by atoms with van der Waals surface area (Å²) in [4.78, 5) is 16.3. The zero-order chi connectivity index (χ0) is 52.1. The number of halogens is 2. The van der Waals surface area contributed by atoms with E-state index in [0.717, 1.165) is 12.1 Å². The monoisotopic (exact) mass is 1090 g/mol. The first-order chi connectivity index (χ1) is 34.2. The second kappa shape index (κ2) is 23.4. The number of para-hydroxylation sites is 4. The molecule has 1 amide bonds. The number of azo groups is 2. The molecule has 0 radical (unpaired) electrons. The number of aromatic hydroxyl groups is 1. The van der Waals surface area contributed by atoms with Gasteiger partial charge in [0.05, 0.1) is 51.0 Å². The second-order valence-electron chi connectivity index (χ2n) is 15.4. The number of fused-ring (bicyclic) bond motifs is 2. The number of hydrogen-bond acceptors (Lipinski definition) is 15. The van der Waals surface area contributed by atoms with Gasteiger partial charge in [0.25, 0.3) is 26.1 Å². The fourth-order valence-electron chi connectivity index (χ4n) is 7.08. The molecular weight excluding hydrogens is 1050 g/mol. The topological polar surface area (TPSA) is 284 Å². The van der Waals surface area contributed by atoms with Crippen molar-refractivity contribution in [1.82, 2.24) is 0 Å². The molecule has 0 aliphatic carbocycles. The number of nitrogens with zero attached hydrogens (tertiary/aromatic N) is 5. The maximum Gasteiger partial charge on any atom is 2.00 e. The maximum absolute atomic E-state index is 13.3. The third-order valence-electron chi connectivity index (χ3n) is 10.6. The molecule has 8 rings (SSSR count). The van der Waals surface area contributed by atoms with E-state index in [0.29, 0.717) is 49.9 Å². The van der Waals surface area contributed by atoms with Crippen LogP contribution in [-0.4, -0.2) is 94.8 Å². The number of carbonyl (C=O) groups excluding carboxylic acids is 1. The van der Waals surface area contributed by atoms with Crippen LogP contribution >= 0.6 is 23.2 Å². The fourth-order valence-corrected chi connectivity index (χ4v) is 8.54. The SMILES string of the molecule is COc1ccccc1N=C([O-])c1cc2ccccc2c(N=Nc2cc(S(=O)(=O)O)cc(C)c2Cl)c1[O-].COc1ccccc1NC(=O)c1cc2ccccc2c(N=Nc2cc(S(=O)(=O)O)cc(C)c2Cl)c1O.[Ca+2].